The molecule has 2 nitrogen and oxygen atoms in total. The van der Waals surface area contributed by atoms with Crippen LogP contribution in [-0.2, 0) is 0 Å². The van der Waals surface area contributed by atoms with Crippen molar-refractivity contribution in [3.8, 4) is 5.75 Å². The lowest BCUT2D eigenvalue weighted by Gasteiger charge is -2.12. The van der Waals surface area contributed by atoms with Gasteiger partial charge < -0.3 is 9.84 Å². The molecule has 1 aromatic rings. The van der Waals surface area contributed by atoms with Crippen molar-refractivity contribution in [2.75, 3.05) is 7.11 Å². The minimum Gasteiger partial charge on any atom is -0.495 e. The first-order valence-electron chi connectivity index (χ1n) is 5.22. The summed E-state index contributed by atoms with van der Waals surface area (Å²) in [5, 5.41) is 10.5. The molecule has 3 heteroatoms. The van der Waals surface area contributed by atoms with Gasteiger partial charge in [0.1, 0.15) is 5.75 Å². The number of halogens is 1. The van der Waals surface area contributed by atoms with E-state index < -0.39 is 0 Å². The van der Waals surface area contributed by atoms with Crippen molar-refractivity contribution in [2.45, 2.75) is 25.4 Å². The molecule has 15 heavy (non-hydrogen) atoms. The molecule has 1 aliphatic carbocycles. The predicted octanol–water partition coefficient (Wildman–Crippen LogP) is 3.18. The zero-order valence-corrected chi connectivity index (χ0v) is 9.50. The second-order valence-corrected chi connectivity index (χ2v) is 4.50. The molecular formula is C12H15ClO2. The Morgan fingerprint density at radius 1 is 1.53 bits per heavy atom. The number of methoxy groups -OCH3 is 1. The van der Waals surface area contributed by atoms with E-state index in [0.29, 0.717) is 16.7 Å². The highest BCUT2D eigenvalue weighted by Gasteiger charge is 2.25. The van der Waals surface area contributed by atoms with Crippen LogP contribution in [0.4, 0.5) is 0 Å². The third kappa shape index (κ3) is 2.64. The molecular weight excluding hydrogens is 212 g/mol. The summed E-state index contributed by atoms with van der Waals surface area (Å²) >= 11 is 5.91. The van der Waals surface area contributed by atoms with Gasteiger partial charge in [-0.2, -0.15) is 0 Å². The molecule has 0 heterocycles. The molecule has 1 saturated carbocycles. The van der Waals surface area contributed by atoms with E-state index in [1.807, 2.05) is 12.1 Å². The third-order valence-electron chi connectivity index (χ3n) is 2.81. The van der Waals surface area contributed by atoms with Gasteiger partial charge in [0.05, 0.1) is 18.2 Å². The van der Waals surface area contributed by atoms with Gasteiger partial charge in [-0.1, -0.05) is 30.5 Å². The Bertz CT molecular complexity index is 347. The number of aliphatic hydroxyl groups excluding tert-OH is 1. The second-order valence-electron chi connectivity index (χ2n) is 4.09. The van der Waals surface area contributed by atoms with E-state index in [1.165, 1.54) is 12.8 Å². The molecule has 0 radical (unpaired) electrons. The maximum Gasteiger partial charge on any atom is 0.137 e. The monoisotopic (exact) mass is 226 g/mol. The first-order chi connectivity index (χ1) is 7.20. The Morgan fingerprint density at radius 2 is 2.27 bits per heavy atom. The van der Waals surface area contributed by atoms with E-state index in [2.05, 4.69) is 0 Å². The van der Waals surface area contributed by atoms with Crippen molar-refractivity contribution in [3.63, 3.8) is 0 Å². The first kappa shape index (κ1) is 10.8. The molecule has 0 saturated heterocycles. The molecule has 1 N–H and O–H groups in total. The van der Waals surface area contributed by atoms with Crippen LogP contribution in [0.5, 0.6) is 5.75 Å². The largest absolute Gasteiger partial charge is 0.495 e. The smallest absolute Gasteiger partial charge is 0.137 e. The summed E-state index contributed by atoms with van der Waals surface area (Å²) in [4.78, 5) is 0. The number of benzene rings is 1. The van der Waals surface area contributed by atoms with Crippen LogP contribution in [0.1, 0.15) is 30.9 Å². The molecule has 1 fully saturated rings. The van der Waals surface area contributed by atoms with Crippen molar-refractivity contribution in [1.29, 1.82) is 0 Å². The van der Waals surface area contributed by atoms with Gasteiger partial charge in [-0.3, -0.25) is 0 Å². The summed E-state index contributed by atoms with van der Waals surface area (Å²) in [5.74, 6) is 1.34. The molecule has 0 amide bonds. The first-order valence-corrected chi connectivity index (χ1v) is 5.60. The molecule has 82 valence electrons. The maximum atomic E-state index is 9.94. The molecule has 0 bridgehead atoms. The lowest BCUT2D eigenvalue weighted by Crippen LogP contribution is -1.99. The second kappa shape index (κ2) is 4.42. The molecule has 1 unspecified atom stereocenters. The zero-order valence-electron chi connectivity index (χ0n) is 8.74. The molecule has 1 atom stereocenters. The summed E-state index contributed by atoms with van der Waals surface area (Å²) < 4.78 is 5.11. The SMILES string of the molecule is COc1cc(C(O)CC2CC2)ccc1Cl. The van der Waals surface area contributed by atoms with Gasteiger partial charge in [-0.25, -0.2) is 0 Å². The van der Waals surface area contributed by atoms with Gasteiger partial charge in [0.2, 0.25) is 0 Å². The quantitative estimate of drug-likeness (QED) is 0.855. The number of hydrogen-bond acceptors (Lipinski definition) is 2. The van der Waals surface area contributed by atoms with Crippen LogP contribution in [0.15, 0.2) is 18.2 Å². The Kier molecular flexibility index (Phi) is 3.17. The van der Waals surface area contributed by atoms with Crippen LogP contribution in [0, 0.1) is 5.92 Å². The Labute approximate surface area is 94.8 Å². The summed E-state index contributed by atoms with van der Waals surface area (Å²) in [6, 6.07) is 5.44. The van der Waals surface area contributed by atoms with E-state index in [-0.39, 0.29) is 6.10 Å². The average Bonchev–Trinajstić information content (AvgIpc) is 3.02. The molecule has 0 aliphatic heterocycles. The fraction of sp³-hybridized carbons (Fsp3) is 0.500. The van der Waals surface area contributed by atoms with Crippen LogP contribution in [0.2, 0.25) is 5.02 Å². The van der Waals surface area contributed by atoms with E-state index >= 15 is 0 Å². The minimum atomic E-state index is -0.385. The van der Waals surface area contributed by atoms with Crippen molar-refractivity contribution in [3.05, 3.63) is 28.8 Å². The zero-order chi connectivity index (χ0) is 10.8. The lowest BCUT2D eigenvalue weighted by molar-refractivity contribution is 0.160. The third-order valence-corrected chi connectivity index (χ3v) is 3.13. The van der Waals surface area contributed by atoms with Crippen LogP contribution >= 0.6 is 11.6 Å². The van der Waals surface area contributed by atoms with Gasteiger partial charge >= 0.3 is 0 Å². The predicted molar refractivity (Wildman–Crippen MR) is 60.3 cm³/mol. The normalized spacial score (nSPS) is 17.5. The van der Waals surface area contributed by atoms with Gasteiger partial charge in [-0.15, -0.1) is 0 Å². The highest BCUT2D eigenvalue weighted by molar-refractivity contribution is 6.32. The molecule has 1 aliphatic rings. The van der Waals surface area contributed by atoms with E-state index in [1.54, 1.807) is 13.2 Å². The van der Waals surface area contributed by atoms with Gasteiger partial charge in [0.15, 0.2) is 0 Å². The van der Waals surface area contributed by atoms with Crippen LogP contribution < -0.4 is 4.74 Å². The maximum absolute atomic E-state index is 9.94. The van der Waals surface area contributed by atoms with E-state index in [0.717, 1.165) is 12.0 Å². The Morgan fingerprint density at radius 3 is 2.87 bits per heavy atom. The fourth-order valence-electron chi connectivity index (χ4n) is 1.69. The highest BCUT2D eigenvalue weighted by atomic mass is 35.5. The number of aliphatic hydroxyl groups is 1. The topological polar surface area (TPSA) is 29.5 Å². The summed E-state index contributed by atoms with van der Waals surface area (Å²) in [5.41, 5.74) is 0.892. The molecule has 1 aromatic carbocycles. The summed E-state index contributed by atoms with van der Waals surface area (Å²) in [6.45, 7) is 0. The van der Waals surface area contributed by atoms with Gasteiger partial charge in [0.25, 0.3) is 0 Å². The summed E-state index contributed by atoms with van der Waals surface area (Å²) in [7, 11) is 1.58. The van der Waals surface area contributed by atoms with E-state index in [9.17, 15) is 5.11 Å². The average molecular weight is 227 g/mol. The van der Waals surface area contributed by atoms with Crippen molar-refractivity contribution in [2.24, 2.45) is 5.92 Å². The molecule has 0 spiro atoms. The van der Waals surface area contributed by atoms with Crippen LogP contribution in [-0.4, -0.2) is 12.2 Å². The van der Waals surface area contributed by atoms with Crippen LogP contribution in [0.25, 0.3) is 0 Å². The Balaban J connectivity index is 2.12. The minimum absolute atomic E-state index is 0.385. The van der Waals surface area contributed by atoms with Gasteiger partial charge in [0, 0.05) is 0 Å². The Hall–Kier alpha value is -0.730. The molecule has 2 rings (SSSR count). The molecule has 0 aromatic heterocycles. The lowest BCUT2D eigenvalue weighted by atomic mass is 10.0. The summed E-state index contributed by atoms with van der Waals surface area (Å²) in [6.07, 6.45) is 2.97. The van der Waals surface area contributed by atoms with E-state index in [4.69, 9.17) is 16.3 Å². The van der Waals surface area contributed by atoms with Gasteiger partial charge in [-0.05, 0) is 30.0 Å². The number of ether oxygens (including phenoxy) is 1. The number of hydrogen-bond donors (Lipinski definition) is 1. The van der Waals surface area contributed by atoms with Crippen LogP contribution in [0.3, 0.4) is 0 Å². The van der Waals surface area contributed by atoms with Crippen molar-refractivity contribution >= 4 is 11.6 Å². The number of rotatable bonds is 4. The highest BCUT2D eigenvalue weighted by Crippen LogP contribution is 2.38. The fourth-order valence-corrected chi connectivity index (χ4v) is 1.88. The van der Waals surface area contributed by atoms with Crippen molar-refractivity contribution in [1.82, 2.24) is 0 Å². The standard InChI is InChI=1S/C12H15ClO2/c1-15-12-7-9(4-5-10(12)13)11(14)6-8-2-3-8/h4-5,7-8,11,14H,2-3,6H2,1H3. The van der Waals surface area contributed by atoms with Crippen molar-refractivity contribution < 1.29 is 9.84 Å².